The number of urea groups is 1. The number of fused-ring (bicyclic) bond motifs is 1. The Labute approximate surface area is 180 Å². The molecule has 0 bridgehead atoms. The van der Waals surface area contributed by atoms with Gasteiger partial charge in [0.25, 0.3) is 0 Å². The van der Waals surface area contributed by atoms with Gasteiger partial charge in [0.1, 0.15) is 22.7 Å². The van der Waals surface area contributed by atoms with Crippen LogP contribution in [0.4, 0.5) is 10.5 Å². The van der Waals surface area contributed by atoms with E-state index in [4.69, 9.17) is 18.9 Å². The maximum Gasteiger partial charge on any atom is 0.321 e. The Morgan fingerprint density at radius 1 is 1.23 bits per heavy atom. The molecule has 2 N–H and O–H groups in total. The monoisotopic (exact) mass is 425 g/mol. The average molecular weight is 425 g/mol. The molecule has 1 aliphatic rings. The molecule has 0 radical (unpaired) electrons. The van der Waals surface area contributed by atoms with Crippen molar-refractivity contribution in [3.63, 3.8) is 0 Å². The minimum Gasteiger partial charge on any atom is -0.496 e. The van der Waals surface area contributed by atoms with E-state index in [1.807, 2.05) is 39.0 Å². The predicted octanol–water partition coefficient (Wildman–Crippen LogP) is 3.35. The number of anilines is 1. The van der Waals surface area contributed by atoms with Crippen LogP contribution in [-0.2, 0) is 0 Å². The Bertz CT molecular complexity index is 1100. The van der Waals surface area contributed by atoms with Gasteiger partial charge in [-0.15, -0.1) is 0 Å². The van der Waals surface area contributed by atoms with Crippen LogP contribution in [0.1, 0.15) is 18.2 Å². The highest BCUT2D eigenvalue weighted by Crippen LogP contribution is 2.41. The number of methoxy groups -OCH3 is 1. The lowest BCUT2D eigenvalue weighted by Gasteiger charge is -2.28. The minimum absolute atomic E-state index is 0.165. The summed E-state index contributed by atoms with van der Waals surface area (Å²) in [6, 6.07) is 5.46. The highest BCUT2D eigenvalue weighted by atomic mass is 16.5. The van der Waals surface area contributed by atoms with Crippen molar-refractivity contribution >= 4 is 22.9 Å². The van der Waals surface area contributed by atoms with Crippen molar-refractivity contribution in [3.05, 3.63) is 29.5 Å². The second kappa shape index (κ2) is 8.81. The summed E-state index contributed by atoms with van der Waals surface area (Å²) in [5, 5.41) is 6.30. The van der Waals surface area contributed by atoms with Gasteiger partial charge in [-0.3, -0.25) is 0 Å². The van der Waals surface area contributed by atoms with Crippen LogP contribution in [-0.4, -0.2) is 60.8 Å². The summed E-state index contributed by atoms with van der Waals surface area (Å²) in [4.78, 5) is 24.0. The van der Waals surface area contributed by atoms with Gasteiger partial charge in [0.05, 0.1) is 25.0 Å². The number of carbonyl (C=O) groups is 1. The molecule has 1 fully saturated rings. The van der Waals surface area contributed by atoms with Crippen molar-refractivity contribution in [2.75, 3.05) is 45.2 Å². The zero-order valence-electron chi connectivity index (χ0n) is 18.2. The number of nitrogens with one attached hydrogen (secondary N) is 2. The number of benzene rings is 1. The SMILES string of the molecule is CCOc1nc2oc(C)cc2nc1-c1c(NC(=O)N2CCNCC2)cc(C)cc1OC. The number of amides is 2. The quantitative estimate of drug-likeness (QED) is 0.646. The maximum absolute atomic E-state index is 13.0. The summed E-state index contributed by atoms with van der Waals surface area (Å²) in [6.07, 6.45) is 0. The molecule has 3 heterocycles. The molecule has 0 aliphatic carbocycles. The zero-order chi connectivity index (χ0) is 22.0. The number of hydrogen-bond donors (Lipinski definition) is 2. The van der Waals surface area contributed by atoms with Crippen LogP contribution in [0.5, 0.6) is 11.6 Å². The van der Waals surface area contributed by atoms with Gasteiger partial charge in [-0.25, -0.2) is 9.78 Å². The predicted molar refractivity (Wildman–Crippen MR) is 118 cm³/mol. The fraction of sp³-hybridized carbons (Fsp3) is 0.409. The normalized spacial score (nSPS) is 14.0. The first-order chi connectivity index (χ1) is 15.0. The van der Waals surface area contributed by atoms with E-state index in [2.05, 4.69) is 15.6 Å². The highest BCUT2D eigenvalue weighted by molar-refractivity contribution is 5.97. The largest absolute Gasteiger partial charge is 0.496 e. The first-order valence-corrected chi connectivity index (χ1v) is 10.4. The molecule has 2 aromatic heterocycles. The van der Waals surface area contributed by atoms with Crippen LogP contribution in [0, 0.1) is 13.8 Å². The summed E-state index contributed by atoms with van der Waals surface area (Å²) in [7, 11) is 1.59. The number of hydrogen-bond acceptors (Lipinski definition) is 7. The van der Waals surface area contributed by atoms with E-state index in [0.29, 0.717) is 65.3 Å². The van der Waals surface area contributed by atoms with Crippen molar-refractivity contribution in [2.24, 2.45) is 0 Å². The van der Waals surface area contributed by atoms with Gasteiger partial charge < -0.3 is 29.4 Å². The number of piperazine rings is 1. The van der Waals surface area contributed by atoms with E-state index in [9.17, 15) is 4.79 Å². The molecule has 1 aliphatic heterocycles. The van der Waals surface area contributed by atoms with Crippen molar-refractivity contribution in [2.45, 2.75) is 20.8 Å². The Balaban J connectivity index is 1.85. The van der Waals surface area contributed by atoms with Crippen molar-refractivity contribution in [1.29, 1.82) is 0 Å². The molecule has 0 atom stereocenters. The van der Waals surface area contributed by atoms with Gasteiger partial charge in [-0.05, 0) is 38.5 Å². The van der Waals surface area contributed by atoms with Crippen LogP contribution in [0.2, 0.25) is 0 Å². The first-order valence-electron chi connectivity index (χ1n) is 10.4. The molecular formula is C22H27N5O4. The van der Waals surface area contributed by atoms with Crippen LogP contribution < -0.4 is 20.1 Å². The van der Waals surface area contributed by atoms with Gasteiger partial charge in [0.2, 0.25) is 11.6 Å². The smallest absolute Gasteiger partial charge is 0.321 e. The summed E-state index contributed by atoms with van der Waals surface area (Å²) < 4.78 is 17.1. The van der Waals surface area contributed by atoms with Crippen molar-refractivity contribution < 1.29 is 18.7 Å². The molecule has 9 heteroatoms. The number of aryl methyl sites for hydroxylation is 2. The number of carbonyl (C=O) groups excluding carboxylic acids is 1. The van der Waals surface area contributed by atoms with Crippen LogP contribution in [0.15, 0.2) is 22.6 Å². The number of ether oxygens (including phenoxy) is 2. The Kier molecular flexibility index (Phi) is 5.94. The van der Waals surface area contributed by atoms with Crippen LogP contribution in [0.3, 0.4) is 0 Å². The number of nitrogens with zero attached hydrogens (tertiary/aromatic N) is 3. The van der Waals surface area contributed by atoms with E-state index < -0.39 is 0 Å². The Hall–Kier alpha value is -3.33. The fourth-order valence-electron chi connectivity index (χ4n) is 3.68. The first kappa shape index (κ1) is 20.9. The molecule has 3 aromatic rings. The van der Waals surface area contributed by atoms with E-state index >= 15 is 0 Å². The molecule has 1 aromatic carbocycles. The second-order valence-electron chi connectivity index (χ2n) is 7.41. The standard InChI is InChI=1S/C22H27N5O4/c1-5-30-21-19(24-16-12-14(3)31-20(16)26-21)18-15(10-13(2)11-17(18)29-4)25-22(28)27-8-6-23-7-9-27/h10-12,23H,5-9H2,1-4H3,(H,25,28). The highest BCUT2D eigenvalue weighted by Gasteiger charge is 2.24. The van der Waals surface area contributed by atoms with Crippen LogP contribution >= 0.6 is 0 Å². The third-order valence-electron chi connectivity index (χ3n) is 5.08. The lowest BCUT2D eigenvalue weighted by molar-refractivity contribution is 0.204. The fourth-order valence-corrected chi connectivity index (χ4v) is 3.68. The van der Waals surface area contributed by atoms with Gasteiger partial charge >= 0.3 is 6.03 Å². The van der Waals surface area contributed by atoms with E-state index in [1.54, 1.807) is 12.0 Å². The zero-order valence-corrected chi connectivity index (χ0v) is 18.2. The maximum atomic E-state index is 13.0. The van der Waals surface area contributed by atoms with E-state index in [-0.39, 0.29) is 6.03 Å². The second-order valence-corrected chi connectivity index (χ2v) is 7.41. The van der Waals surface area contributed by atoms with Crippen molar-refractivity contribution in [1.82, 2.24) is 20.2 Å². The molecule has 0 spiro atoms. The third kappa shape index (κ3) is 4.27. The van der Waals surface area contributed by atoms with Crippen LogP contribution in [0.25, 0.3) is 22.5 Å². The lowest BCUT2D eigenvalue weighted by atomic mass is 10.0. The summed E-state index contributed by atoms with van der Waals surface area (Å²) in [6.45, 7) is 8.91. The number of aromatic nitrogens is 2. The lowest BCUT2D eigenvalue weighted by Crippen LogP contribution is -2.48. The Morgan fingerprint density at radius 2 is 2.00 bits per heavy atom. The molecule has 31 heavy (non-hydrogen) atoms. The summed E-state index contributed by atoms with van der Waals surface area (Å²) in [5.74, 6) is 1.60. The molecule has 164 valence electrons. The van der Waals surface area contributed by atoms with Crippen molar-refractivity contribution in [3.8, 4) is 22.9 Å². The molecule has 0 saturated carbocycles. The molecule has 1 saturated heterocycles. The van der Waals surface area contributed by atoms with Gasteiger partial charge in [-0.1, -0.05) is 0 Å². The molecule has 4 rings (SSSR count). The molecule has 9 nitrogen and oxygen atoms in total. The number of rotatable bonds is 5. The average Bonchev–Trinajstić information content (AvgIpc) is 3.12. The molecule has 0 unspecified atom stereocenters. The van der Waals surface area contributed by atoms with Gasteiger partial charge in [-0.2, -0.15) is 4.98 Å². The van der Waals surface area contributed by atoms with Gasteiger partial charge in [0, 0.05) is 32.2 Å². The number of furan rings is 1. The summed E-state index contributed by atoms with van der Waals surface area (Å²) in [5.41, 5.74) is 3.66. The Morgan fingerprint density at radius 3 is 2.71 bits per heavy atom. The minimum atomic E-state index is -0.165. The topological polar surface area (TPSA) is 102 Å². The van der Waals surface area contributed by atoms with Gasteiger partial charge in [0.15, 0.2) is 0 Å². The summed E-state index contributed by atoms with van der Waals surface area (Å²) >= 11 is 0. The molecular weight excluding hydrogens is 398 g/mol. The third-order valence-corrected chi connectivity index (χ3v) is 5.08. The van der Waals surface area contributed by atoms with E-state index in [1.165, 1.54) is 0 Å². The van der Waals surface area contributed by atoms with E-state index in [0.717, 1.165) is 18.7 Å². The molecule has 2 amide bonds.